The lowest BCUT2D eigenvalue weighted by molar-refractivity contribution is 0.00618. The van der Waals surface area contributed by atoms with Crippen molar-refractivity contribution in [2.24, 2.45) is 0 Å². The van der Waals surface area contributed by atoms with Crippen LogP contribution in [-0.4, -0.2) is 54.2 Å². The zero-order valence-electron chi connectivity index (χ0n) is 13.7. The number of anilines is 1. The summed E-state index contributed by atoms with van der Waals surface area (Å²) in [6, 6.07) is 3.81. The van der Waals surface area contributed by atoms with Gasteiger partial charge in [-0.05, 0) is 55.4 Å². The second-order valence-corrected chi connectivity index (χ2v) is 7.28. The molecule has 1 fully saturated rings. The van der Waals surface area contributed by atoms with Crippen molar-refractivity contribution in [3.63, 3.8) is 0 Å². The maximum atomic E-state index is 12.3. The van der Waals surface area contributed by atoms with Crippen molar-refractivity contribution in [1.29, 1.82) is 0 Å². The molecule has 0 bridgehead atoms. The van der Waals surface area contributed by atoms with E-state index in [1.165, 1.54) is 0 Å². The molecule has 0 unspecified atom stereocenters. The van der Waals surface area contributed by atoms with E-state index in [0.29, 0.717) is 10.2 Å². The highest BCUT2D eigenvalue weighted by molar-refractivity contribution is 9.10. The molecular weight excluding hydrogens is 346 g/mol. The number of hydrogen-bond acceptors (Lipinski definition) is 5. The average Bonchev–Trinajstić information content (AvgIpc) is 2.46. The Morgan fingerprint density at radius 3 is 2.45 bits per heavy atom. The highest BCUT2D eigenvalue weighted by Gasteiger charge is 2.23. The summed E-state index contributed by atoms with van der Waals surface area (Å²) >= 11 is 3.39. The van der Waals surface area contributed by atoms with Crippen LogP contribution in [0.2, 0.25) is 0 Å². The molecule has 0 radical (unpaired) electrons. The molecule has 0 atom stereocenters. The van der Waals surface area contributed by atoms with E-state index in [4.69, 9.17) is 4.74 Å². The lowest BCUT2D eigenvalue weighted by atomic mass is 10.2. The number of carbonyl (C=O) groups is 1. The van der Waals surface area contributed by atoms with E-state index in [0.717, 1.165) is 38.5 Å². The number of aromatic nitrogens is 1. The Bertz CT molecular complexity index is 535. The van der Waals surface area contributed by atoms with Gasteiger partial charge in [-0.25, -0.2) is 9.78 Å². The number of ether oxygens (including phenoxy) is 1. The molecule has 5 nitrogen and oxygen atoms in total. The van der Waals surface area contributed by atoms with Crippen LogP contribution in [0, 0.1) is 0 Å². The maximum Gasteiger partial charge on any atom is 0.358 e. The summed E-state index contributed by atoms with van der Waals surface area (Å²) in [7, 11) is 0. The summed E-state index contributed by atoms with van der Waals surface area (Å²) in [5.41, 5.74) is -0.189. The molecule has 0 spiro atoms. The molecule has 0 amide bonds. The van der Waals surface area contributed by atoms with Crippen LogP contribution < -0.4 is 4.90 Å². The predicted molar refractivity (Wildman–Crippen MR) is 91.4 cm³/mol. The van der Waals surface area contributed by atoms with E-state index >= 15 is 0 Å². The van der Waals surface area contributed by atoms with Gasteiger partial charge in [-0.3, -0.25) is 0 Å². The Morgan fingerprint density at radius 2 is 1.91 bits per heavy atom. The lowest BCUT2D eigenvalue weighted by Gasteiger charge is -2.34. The molecule has 1 aliphatic heterocycles. The van der Waals surface area contributed by atoms with Crippen molar-refractivity contribution < 1.29 is 9.53 Å². The van der Waals surface area contributed by atoms with E-state index in [1.807, 2.05) is 32.9 Å². The third-order valence-electron chi connectivity index (χ3n) is 3.57. The van der Waals surface area contributed by atoms with Crippen LogP contribution in [0.3, 0.4) is 0 Å². The number of nitrogens with zero attached hydrogens (tertiary/aromatic N) is 3. The first kappa shape index (κ1) is 17.2. The average molecular weight is 370 g/mol. The molecular formula is C16H24BrN3O2. The number of pyridine rings is 1. The number of esters is 1. The Balaban J connectivity index is 2.15. The van der Waals surface area contributed by atoms with Crippen molar-refractivity contribution >= 4 is 27.7 Å². The van der Waals surface area contributed by atoms with E-state index < -0.39 is 11.6 Å². The van der Waals surface area contributed by atoms with Crippen LogP contribution in [0.25, 0.3) is 0 Å². The molecule has 0 aliphatic carbocycles. The zero-order chi connectivity index (χ0) is 16.3. The molecule has 1 saturated heterocycles. The van der Waals surface area contributed by atoms with Crippen molar-refractivity contribution in [3.8, 4) is 0 Å². The van der Waals surface area contributed by atoms with Crippen LogP contribution >= 0.6 is 15.9 Å². The highest BCUT2D eigenvalue weighted by atomic mass is 79.9. The summed E-state index contributed by atoms with van der Waals surface area (Å²) in [6.45, 7) is 12.7. The number of likely N-dealkylation sites (N-methyl/N-ethyl adjacent to an activating group) is 1. The summed E-state index contributed by atoms with van der Waals surface area (Å²) in [6.07, 6.45) is 0. The summed E-state index contributed by atoms with van der Waals surface area (Å²) < 4.78 is 6.09. The molecule has 1 aromatic rings. The summed E-state index contributed by atoms with van der Waals surface area (Å²) in [5.74, 6) is 0.438. The third kappa shape index (κ3) is 4.43. The minimum absolute atomic E-state index is 0.338. The van der Waals surface area contributed by atoms with Gasteiger partial charge in [0.25, 0.3) is 0 Å². The minimum Gasteiger partial charge on any atom is -0.455 e. The van der Waals surface area contributed by atoms with Crippen molar-refractivity contribution in [1.82, 2.24) is 9.88 Å². The van der Waals surface area contributed by atoms with Gasteiger partial charge in [0.2, 0.25) is 0 Å². The smallest absolute Gasteiger partial charge is 0.358 e. The monoisotopic (exact) mass is 369 g/mol. The Hall–Kier alpha value is -1.14. The van der Waals surface area contributed by atoms with Gasteiger partial charge in [0, 0.05) is 26.2 Å². The van der Waals surface area contributed by atoms with E-state index in [-0.39, 0.29) is 0 Å². The quantitative estimate of drug-likeness (QED) is 0.766. The van der Waals surface area contributed by atoms with Crippen LogP contribution in [0.5, 0.6) is 0 Å². The zero-order valence-corrected chi connectivity index (χ0v) is 15.3. The van der Waals surface area contributed by atoms with Gasteiger partial charge in [0.05, 0.1) is 4.47 Å². The number of rotatable bonds is 3. The minimum atomic E-state index is -0.527. The molecule has 6 heteroatoms. The van der Waals surface area contributed by atoms with E-state index in [1.54, 1.807) is 0 Å². The van der Waals surface area contributed by atoms with Gasteiger partial charge in [0.1, 0.15) is 11.4 Å². The van der Waals surface area contributed by atoms with Crippen LogP contribution in [0.4, 0.5) is 5.82 Å². The predicted octanol–water partition coefficient (Wildman–Crippen LogP) is 2.94. The Morgan fingerprint density at radius 1 is 1.27 bits per heavy atom. The van der Waals surface area contributed by atoms with E-state index in [2.05, 4.69) is 37.6 Å². The van der Waals surface area contributed by atoms with Crippen molar-refractivity contribution in [2.45, 2.75) is 33.3 Å². The topological polar surface area (TPSA) is 45.7 Å². The molecule has 0 N–H and O–H groups in total. The normalized spacial score (nSPS) is 16.7. The Kier molecular flexibility index (Phi) is 5.45. The maximum absolute atomic E-state index is 12.3. The first-order valence-corrected chi connectivity index (χ1v) is 8.46. The van der Waals surface area contributed by atoms with Gasteiger partial charge in [0.15, 0.2) is 5.69 Å². The lowest BCUT2D eigenvalue weighted by Crippen LogP contribution is -2.46. The van der Waals surface area contributed by atoms with Crippen molar-refractivity contribution in [3.05, 3.63) is 22.3 Å². The number of piperazine rings is 1. The second kappa shape index (κ2) is 6.96. The number of carbonyl (C=O) groups excluding carboxylic acids is 1. The first-order valence-electron chi connectivity index (χ1n) is 7.67. The molecule has 2 rings (SSSR count). The fourth-order valence-electron chi connectivity index (χ4n) is 2.37. The highest BCUT2D eigenvalue weighted by Crippen LogP contribution is 2.23. The van der Waals surface area contributed by atoms with Gasteiger partial charge in [-0.2, -0.15) is 0 Å². The van der Waals surface area contributed by atoms with Gasteiger partial charge >= 0.3 is 5.97 Å². The molecule has 122 valence electrons. The van der Waals surface area contributed by atoms with Crippen LogP contribution in [0.1, 0.15) is 38.2 Å². The van der Waals surface area contributed by atoms with E-state index in [9.17, 15) is 4.79 Å². The Labute approximate surface area is 140 Å². The van der Waals surface area contributed by atoms with Crippen LogP contribution in [-0.2, 0) is 4.74 Å². The summed E-state index contributed by atoms with van der Waals surface area (Å²) in [4.78, 5) is 21.4. The van der Waals surface area contributed by atoms with Crippen LogP contribution in [0.15, 0.2) is 16.6 Å². The fraction of sp³-hybridized carbons (Fsp3) is 0.625. The number of hydrogen-bond donors (Lipinski definition) is 0. The molecule has 0 aromatic carbocycles. The standard InChI is InChI=1S/C16H24BrN3O2/c1-5-19-8-10-20(11-9-19)13-7-6-12(17)14(18-13)15(21)22-16(2,3)4/h6-7H,5,8-11H2,1-4H3. The largest absolute Gasteiger partial charge is 0.455 e. The SMILES string of the molecule is CCN1CCN(c2ccc(Br)c(C(=O)OC(C)(C)C)n2)CC1. The molecule has 1 aromatic heterocycles. The molecule has 0 saturated carbocycles. The van der Waals surface area contributed by atoms with Gasteiger partial charge in [-0.15, -0.1) is 0 Å². The molecule has 1 aliphatic rings. The van der Waals surface area contributed by atoms with Crippen molar-refractivity contribution in [2.75, 3.05) is 37.6 Å². The van der Waals surface area contributed by atoms with Gasteiger partial charge in [-0.1, -0.05) is 6.92 Å². The third-order valence-corrected chi connectivity index (χ3v) is 4.21. The second-order valence-electron chi connectivity index (χ2n) is 6.42. The molecule has 22 heavy (non-hydrogen) atoms. The number of halogens is 1. The first-order chi connectivity index (χ1) is 10.3. The molecule has 2 heterocycles. The summed E-state index contributed by atoms with van der Waals surface area (Å²) in [5, 5.41) is 0. The van der Waals surface area contributed by atoms with Gasteiger partial charge < -0.3 is 14.5 Å². The fourth-order valence-corrected chi connectivity index (χ4v) is 2.75.